The van der Waals surface area contributed by atoms with Crippen molar-refractivity contribution in [2.75, 3.05) is 26.2 Å². The molecule has 0 aliphatic carbocycles. The van der Waals surface area contributed by atoms with Crippen LogP contribution in [0.5, 0.6) is 0 Å². The number of nitrogens with two attached hydrogens (primary N) is 1. The van der Waals surface area contributed by atoms with Gasteiger partial charge in [0, 0.05) is 19.1 Å². The molecule has 4 nitrogen and oxygen atoms in total. The first-order chi connectivity index (χ1) is 8.89. The number of carbonyl (C=O) groups excluding carboxylic acids is 1. The molecule has 126 valence electrons. The molecule has 0 aromatic carbocycles. The van der Waals surface area contributed by atoms with Gasteiger partial charge in [0.2, 0.25) is 5.91 Å². The van der Waals surface area contributed by atoms with Crippen molar-refractivity contribution in [3.05, 3.63) is 0 Å². The Kier molecular flexibility index (Phi) is 8.55. The highest BCUT2D eigenvalue weighted by Gasteiger charge is 2.36. The minimum atomic E-state index is -0.382. The van der Waals surface area contributed by atoms with E-state index in [4.69, 9.17) is 5.73 Å². The molecule has 2 rings (SSSR count). The van der Waals surface area contributed by atoms with E-state index in [1.165, 1.54) is 32.4 Å². The summed E-state index contributed by atoms with van der Waals surface area (Å²) in [6.45, 7) is 10.3. The fourth-order valence-corrected chi connectivity index (χ4v) is 3.09. The SMILES string of the molecule is CC(C)(C)[C@H](N)C(=O)N1CCC(N2CCCCC2)C1.Cl.Cl. The summed E-state index contributed by atoms with van der Waals surface area (Å²) in [4.78, 5) is 17.0. The van der Waals surface area contributed by atoms with Crippen LogP contribution >= 0.6 is 24.8 Å². The van der Waals surface area contributed by atoms with E-state index in [9.17, 15) is 4.79 Å². The lowest BCUT2D eigenvalue weighted by molar-refractivity contribution is -0.134. The van der Waals surface area contributed by atoms with Crippen LogP contribution in [0, 0.1) is 5.41 Å². The Balaban J connectivity index is 0.00000200. The Morgan fingerprint density at radius 3 is 2.19 bits per heavy atom. The number of piperidine rings is 1. The molecule has 1 amide bonds. The lowest BCUT2D eigenvalue weighted by Gasteiger charge is -2.33. The van der Waals surface area contributed by atoms with Crippen LogP contribution < -0.4 is 5.73 Å². The molecule has 0 aromatic heterocycles. The van der Waals surface area contributed by atoms with E-state index in [0.29, 0.717) is 6.04 Å². The van der Waals surface area contributed by atoms with E-state index < -0.39 is 0 Å². The molecule has 0 radical (unpaired) electrons. The monoisotopic (exact) mass is 339 g/mol. The maximum Gasteiger partial charge on any atom is 0.240 e. The van der Waals surface area contributed by atoms with Crippen LogP contribution in [0.3, 0.4) is 0 Å². The van der Waals surface area contributed by atoms with Crippen LogP contribution in [0.4, 0.5) is 0 Å². The number of rotatable bonds is 2. The molecule has 0 bridgehead atoms. The molecule has 1 unspecified atom stereocenters. The van der Waals surface area contributed by atoms with E-state index in [1.54, 1.807) is 0 Å². The number of hydrogen-bond acceptors (Lipinski definition) is 3. The van der Waals surface area contributed by atoms with Crippen LogP contribution in [0.1, 0.15) is 46.5 Å². The normalized spacial score (nSPS) is 25.0. The predicted octanol–water partition coefficient (Wildman–Crippen LogP) is 2.29. The number of hydrogen-bond donors (Lipinski definition) is 1. The van der Waals surface area contributed by atoms with E-state index in [-0.39, 0.29) is 42.2 Å². The Hall–Kier alpha value is -0.0300. The van der Waals surface area contributed by atoms with E-state index >= 15 is 0 Å². The zero-order valence-electron chi connectivity index (χ0n) is 13.5. The van der Waals surface area contributed by atoms with Crippen molar-refractivity contribution in [3.8, 4) is 0 Å². The Morgan fingerprint density at radius 2 is 1.67 bits per heavy atom. The molecule has 6 heteroatoms. The van der Waals surface area contributed by atoms with Crippen LogP contribution in [0.15, 0.2) is 0 Å². The van der Waals surface area contributed by atoms with Crippen molar-refractivity contribution in [2.45, 2.75) is 58.5 Å². The molecule has 2 heterocycles. The molecule has 2 atom stereocenters. The number of nitrogens with zero attached hydrogens (tertiary/aromatic N) is 2. The van der Waals surface area contributed by atoms with Crippen LogP contribution in [-0.4, -0.2) is 54.0 Å². The molecule has 0 saturated carbocycles. The van der Waals surface area contributed by atoms with Crippen LogP contribution in [0.25, 0.3) is 0 Å². The Bertz CT molecular complexity index is 327. The van der Waals surface area contributed by atoms with E-state index in [1.807, 2.05) is 25.7 Å². The molecule has 0 spiro atoms. The second-order valence-electron chi connectivity index (χ2n) is 7.17. The maximum absolute atomic E-state index is 12.4. The van der Waals surface area contributed by atoms with Gasteiger partial charge < -0.3 is 10.6 Å². The third-order valence-corrected chi connectivity index (χ3v) is 4.58. The second kappa shape index (κ2) is 8.56. The van der Waals surface area contributed by atoms with Gasteiger partial charge in [0.25, 0.3) is 0 Å². The van der Waals surface area contributed by atoms with Gasteiger partial charge in [0.05, 0.1) is 6.04 Å². The fraction of sp³-hybridized carbons (Fsp3) is 0.933. The van der Waals surface area contributed by atoms with Crippen molar-refractivity contribution >= 4 is 30.7 Å². The minimum Gasteiger partial charge on any atom is -0.340 e. The topological polar surface area (TPSA) is 49.6 Å². The number of carbonyl (C=O) groups is 1. The van der Waals surface area contributed by atoms with E-state index in [2.05, 4.69) is 4.90 Å². The Labute approximate surface area is 141 Å². The molecule has 21 heavy (non-hydrogen) atoms. The first-order valence-corrected chi connectivity index (χ1v) is 7.68. The van der Waals surface area contributed by atoms with Gasteiger partial charge in [0.15, 0.2) is 0 Å². The fourth-order valence-electron chi connectivity index (χ4n) is 3.09. The smallest absolute Gasteiger partial charge is 0.240 e. The maximum atomic E-state index is 12.4. The molecular weight excluding hydrogens is 309 g/mol. The Morgan fingerprint density at radius 1 is 1.10 bits per heavy atom. The van der Waals surface area contributed by atoms with Gasteiger partial charge >= 0.3 is 0 Å². The molecule has 2 saturated heterocycles. The van der Waals surface area contributed by atoms with Crippen LogP contribution in [-0.2, 0) is 4.79 Å². The number of halogens is 2. The van der Waals surface area contributed by atoms with Crippen molar-refractivity contribution < 1.29 is 4.79 Å². The summed E-state index contributed by atoms with van der Waals surface area (Å²) in [5.41, 5.74) is 5.94. The van der Waals surface area contributed by atoms with Crippen molar-refractivity contribution in [1.82, 2.24) is 9.80 Å². The van der Waals surface area contributed by atoms with E-state index in [0.717, 1.165) is 19.5 Å². The van der Waals surface area contributed by atoms with Gasteiger partial charge in [-0.2, -0.15) is 0 Å². The lowest BCUT2D eigenvalue weighted by atomic mass is 9.86. The third kappa shape index (κ3) is 5.27. The molecule has 2 fully saturated rings. The molecule has 2 aliphatic heterocycles. The summed E-state index contributed by atoms with van der Waals surface area (Å²) in [5.74, 6) is 0.131. The average molecular weight is 340 g/mol. The summed E-state index contributed by atoms with van der Waals surface area (Å²) in [7, 11) is 0. The van der Waals surface area contributed by atoms with Gasteiger partial charge in [-0.05, 0) is 37.8 Å². The number of amides is 1. The quantitative estimate of drug-likeness (QED) is 0.839. The third-order valence-electron chi connectivity index (χ3n) is 4.58. The van der Waals surface area contributed by atoms with Crippen molar-refractivity contribution in [1.29, 1.82) is 0 Å². The first kappa shape index (κ1) is 21.0. The lowest BCUT2D eigenvalue weighted by Crippen LogP contribution is -2.50. The summed E-state index contributed by atoms with van der Waals surface area (Å²) in [6, 6.07) is 0.184. The van der Waals surface area contributed by atoms with Gasteiger partial charge in [-0.1, -0.05) is 27.2 Å². The van der Waals surface area contributed by atoms with Gasteiger partial charge in [-0.25, -0.2) is 0 Å². The van der Waals surface area contributed by atoms with Gasteiger partial charge in [-0.3, -0.25) is 9.69 Å². The highest BCUT2D eigenvalue weighted by Crippen LogP contribution is 2.24. The summed E-state index contributed by atoms with van der Waals surface area (Å²) in [6.07, 6.45) is 5.10. The molecule has 2 N–H and O–H groups in total. The minimum absolute atomic E-state index is 0. The number of likely N-dealkylation sites (tertiary alicyclic amines) is 2. The highest BCUT2D eigenvalue weighted by atomic mass is 35.5. The predicted molar refractivity (Wildman–Crippen MR) is 92.3 cm³/mol. The first-order valence-electron chi connectivity index (χ1n) is 7.68. The zero-order valence-corrected chi connectivity index (χ0v) is 15.1. The summed E-state index contributed by atoms with van der Waals surface area (Å²) in [5, 5.41) is 0. The zero-order chi connectivity index (χ0) is 14.0. The molecular formula is C15H31Cl2N3O. The standard InChI is InChI=1S/C15H29N3O.2ClH/c1-15(2,3)13(16)14(19)18-10-7-12(11-18)17-8-5-4-6-9-17;;/h12-13H,4-11,16H2,1-3H3;2*1H/t12?,13-;;/m1../s1. The van der Waals surface area contributed by atoms with Gasteiger partial charge in [0.1, 0.15) is 0 Å². The van der Waals surface area contributed by atoms with Crippen molar-refractivity contribution in [3.63, 3.8) is 0 Å². The molecule has 0 aromatic rings. The van der Waals surface area contributed by atoms with Gasteiger partial charge in [-0.15, -0.1) is 24.8 Å². The largest absolute Gasteiger partial charge is 0.340 e. The average Bonchev–Trinajstić information content (AvgIpc) is 2.86. The summed E-state index contributed by atoms with van der Waals surface area (Å²) < 4.78 is 0. The molecule has 2 aliphatic rings. The second-order valence-corrected chi connectivity index (χ2v) is 7.17. The summed E-state index contributed by atoms with van der Waals surface area (Å²) >= 11 is 0. The van der Waals surface area contributed by atoms with Crippen molar-refractivity contribution in [2.24, 2.45) is 11.1 Å². The van der Waals surface area contributed by atoms with Crippen LogP contribution in [0.2, 0.25) is 0 Å². The highest BCUT2D eigenvalue weighted by molar-refractivity contribution is 5.85.